The topological polar surface area (TPSA) is 77.2 Å². The highest BCUT2D eigenvalue weighted by molar-refractivity contribution is 7.99. The molecule has 2 aromatic carbocycles. The van der Waals surface area contributed by atoms with Crippen molar-refractivity contribution in [2.75, 3.05) is 12.4 Å². The SMILES string of the molecule is O=C(CSc1nnc(-c2ccc(O)cc2)n1CC1CCCO1)c1ccc(F)cc1. The summed E-state index contributed by atoms with van der Waals surface area (Å²) < 4.78 is 20.8. The first-order chi connectivity index (χ1) is 14.1. The highest BCUT2D eigenvalue weighted by atomic mass is 32.2. The number of halogens is 1. The summed E-state index contributed by atoms with van der Waals surface area (Å²) in [6.45, 7) is 1.34. The van der Waals surface area contributed by atoms with Gasteiger partial charge in [-0.2, -0.15) is 0 Å². The molecule has 0 saturated carbocycles. The lowest BCUT2D eigenvalue weighted by molar-refractivity contribution is 0.0953. The average molecular weight is 413 g/mol. The van der Waals surface area contributed by atoms with Gasteiger partial charge in [0.25, 0.3) is 0 Å². The van der Waals surface area contributed by atoms with Gasteiger partial charge in [0.1, 0.15) is 11.6 Å². The van der Waals surface area contributed by atoms with Crippen molar-refractivity contribution in [1.29, 1.82) is 0 Å². The van der Waals surface area contributed by atoms with E-state index in [1.54, 1.807) is 24.3 Å². The van der Waals surface area contributed by atoms with Gasteiger partial charge in [-0.05, 0) is 61.4 Å². The lowest BCUT2D eigenvalue weighted by atomic mass is 10.1. The van der Waals surface area contributed by atoms with E-state index in [-0.39, 0.29) is 29.2 Å². The number of aromatic hydroxyl groups is 1. The molecule has 1 aliphatic heterocycles. The van der Waals surface area contributed by atoms with Gasteiger partial charge >= 0.3 is 0 Å². The molecule has 8 heteroatoms. The average Bonchev–Trinajstić information content (AvgIpc) is 3.38. The van der Waals surface area contributed by atoms with Gasteiger partial charge in [0.05, 0.1) is 18.4 Å². The van der Waals surface area contributed by atoms with Gasteiger partial charge in [-0.15, -0.1) is 10.2 Å². The van der Waals surface area contributed by atoms with Crippen molar-refractivity contribution in [3.05, 3.63) is 59.9 Å². The maximum Gasteiger partial charge on any atom is 0.192 e. The van der Waals surface area contributed by atoms with Crippen molar-refractivity contribution < 1.29 is 19.0 Å². The number of ketones is 1. The third-order valence-electron chi connectivity index (χ3n) is 4.75. The number of carbonyl (C=O) groups excluding carboxylic acids is 1. The lowest BCUT2D eigenvalue weighted by Gasteiger charge is -2.14. The standard InChI is InChI=1S/C21H20FN3O3S/c22-16-7-3-14(4-8-16)19(27)13-29-21-24-23-20(15-5-9-17(26)10-6-15)25(21)12-18-2-1-11-28-18/h3-10,18,26H,1-2,11-13H2. The van der Waals surface area contributed by atoms with Crippen LogP contribution in [0.5, 0.6) is 5.75 Å². The molecule has 3 aromatic rings. The van der Waals surface area contributed by atoms with E-state index in [1.165, 1.54) is 36.0 Å². The third kappa shape index (κ3) is 4.65. The fourth-order valence-electron chi connectivity index (χ4n) is 3.23. The molecule has 2 heterocycles. The summed E-state index contributed by atoms with van der Waals surface area (Å²) >= 11 is 1.30. The van der Waals surface area contributed by atoms with Crippen LogP contribution in [-0.4, -0.2) is 44.1 Å². The summed E-state index contributed by atoms with van der Waals surface area (Å²) in [7, 11) is 0. The number of carbonyl (C=O) groups is 1. The van der Waals surface area contributed by atoms with Crippen molar-refractivity contribution in [3.63, 3.8) is 0 Å². The summed E-state index contributed by atoms with van der Waals surface area (Å²) in [4.78, 5) is 12.4. The van der Waals surface area contributed by atoms with E-state index >= 15 is 0 Å². The molecule has 0 bridgehead atoms. The molecule has 1 N–H and O–H groups in total. The summed E-state index contributed by atoms with van der Waals surface area (Å²) in [5.41, 5.74) is 1.29. The molecule has 6 nitrogen and oxygen atoms in total. The number of rotatable bonds is 7. The van der Waals surface area contributed by atoms with Gasteiger partial charge in [0, 0.05) is 17.7 Å². The number of benzene rings is 2. The van der Waals surface area contributed by atoms with E-state index in [0.717, 1.165) is 25.0 Å². The molecule has 0 aliphatic carbocycles. The number of aromatic nitrogens is 3. The van der Waals surface area contributed by atoms with E-state index in [2.05, 4.69) is 10.2 Å². The smallest absolute Gasteiger partial charge is 0.192 e. The Bertz CT molecular complexity index is 983. The van der Waals surface area contributed by atoms with Crippen LogP contribution in [0.15, 0.2) is 53.7 Å². The van der Waals surface area contributed by atoms with E-state index in [9.17, 15) is 14.3 Å². The minimum atomic E-state index is -0.371. The number of phenols is 1. The monoisotopic (exact) mass is 413 g/mol. The molecule has 0 spiro atoms. The Morgan fingerprint density at radius 3 is 2.62 bits per heavy atom. The summed E-state index contributed by atoms with van der Waals surface area (Å²) in [6, 6.07) is 12.3. The van der Waals surface area contributed by atoms with Gasteiger partial charge in [-0.1, -0.05) is 11.8 Å². The predicted octanol–water partition coefficient (Wildman–Crippen LogP) is 3.94. The Morgan fingerprint density at radius 1 is 1.17 bits per heavy atom. The highest BCUT2D eigenvalue weighted by Gasteiger charge is 2.22. The maximum atomic E-state index is 13.1. The second-order valence-electron chi connectivity index (χ2n) is 6.82. The number of nitrogens with zero attached hydrogens (tertiary/aromatic N) is 3. The molecule has 1 fully saturated rings. The van der Waals surface area contributed by atoms with Crippen LogP contribution in [0.4, 0.5) is 4.39 Å². The quantitative estimate of drug-likeness (QED) is 0.467. The van der Waals surface area contributed by atoms with Crippen LogP contribution in [0, 0.1) is 5.82 Å². The zero-order chi connectivity index (χ0) is 20.2. The molecule has 0 radical (unpaired) electrons. The summed E-state index contributed by atoms with van der Waals surface area (Å²) in [6.07, 6.45) is 2.06. The van der Waals surface area contributed by atoms with Gasteiger partial charge in [-0.25, -0.2) is 4.39 Å². The second kappa shape index (κ2) is 8.75. The molecular formula is C21H20FN3O3S. The molecule has 4 rings (SSSR count). The zero-order valence-electron chi connectivity index (χ0n) is 15.6. The van der Waals surface area contributed by atoms with Gasteiger partial charge in [-0.3, -0.25) is 9.36 Å². The zero-order valence-corrected chi connectivity index (χ0v) is 16.4. The first-order valence-corrected chi connectivity index (χ1v) is 10.3. The van der Waals surface area contributed by atoms with Crippen molar-refractivity contribution in [2.45, 2.75) is 30.6 Å². The second-order valence-corrected chi connectivity index (χ2v) is 7.76. The fourth-order valence-corrected chi connectivity index (χ4v) is 4.07. The van der Waals surface area contributed by atoms with Gasteiger partial charge in [0.2, 0.25) is 0 Å². The maximum absolute atomic E-state index is 13.1. The minimum absolute atomic E-state index is 0.0778. The first kappa shape index (κ1) is 19.6. The Kier molecular flexibility index (Phi) is 5.92. The van der Waals surface area contributed by atoms with Crippen molar-refractivity contribution >= 4 is 17.5 Å². The van der Waals surface area contributed by atoms with Crippen molar-refractivity contribution in [2.24, 2.45) is 0 Å². The normalized spacial score (nSPS) is 16.2. The molecule has 1 saturated heterocycles. The molecule has 1 aliphatic rings. The Morgan fingerprint density at radius 2 is 1.93 bits per heavy atom. The predicted molar refractivity (Wildman–Crippen MR) is 108 cm³/mol. The minimum Gasteiger partial charge on any atom is -0.508 e. The van der Waals surface area contributed by atoms with Crippen molar-refractivity contribution in [1.82, 2.24) is 14.8 Å². The summed E-state index contributed by atoms with van der Waals surface area (Å²) in [5.74, 6) is 0.540. The number of phenolic OH excluding ortho intramolecular Hbond substituents is 1. The van der Waals surface area contributed by atoms with E-state index < -0.39 is 0 Å². The number of Topliss-reactive ketones (excluding diaryl/α,β-unsaturated/α-hetero) is 1. The molecule has 1 atom stereocenters. The van der Waals surface area contributed by atoms with Gasteiger partial charge < -0.3 is 9.84 Å². The Hall–Kier alpha value is -2.71. The fraction of sp³-hybridized carbons (Fsp3) is 0.286. The van der Waals surface area contributed by atoms with Crippen LogP contribution < -0.4 is 0 Å². The van der Waals surface area contributed by atoms with Gasteiger partial charge in [0.15, 0.2) is 16.8 Å². The number of thioether (sulfide) groups is 1. The Balaban J connectivity index is 1.55. The molecule has 1 unspecified atom stereocenters. The van der Waals surface area contributed by atoms with E-state index in [0.29, 0.717) is 23.1 Å². The Labute approximate surface area is 171 Å². The molecule has 0 amide bonds. The summed E-state index contributed by atoms with van der Waals surface area (Å²) in [5, 5.41) is 18.8. The third-order valence-corrected chi connectivity index (χ3v) is 5.72. The van der Waals surface area contributed by atoms with Crippen LogP contribution in [0.2, 0.25) is 0 Å². The first-order valence-electron chi connectivity index (χ1n) is 9.36. The number of hydrogen-bond acceptors (Lipinski definition) is 6. The van der Waals surface area contributed by atoms with E-state index in [4.69, 9.17) is 4.74 Å². The number of ether oxygens (including phenoxy) is 1. The molecule has 150 valence electrons. The van der Waals surface area contributed by atoms with Crippen LogP contribution in [0.1, 0.15) is 23.2 Å². The van der Waals surface area contributed by atoms with Crippen molar-refractivity contribution in [3.8, 4) is 17.1 Å². The molecule has 1 aromatic heterocycles. The van der Waals surface area contributed by atoms with E-state index in [1.807, 2.05) is 4.57 Å². The number of hydrogen-bond donors (Lipinski definition) is 1. The van der Waals surface area contributed by atoms with Crippen LogP contribution in [0.25, 0.3) is 11.4 Å². The largest absolute Gasteiger partial charge is 0.508 e. The highest BCUT2D eigenvalue weighted by Crippen LogP contribution is 2.28. The van der Waals surface area contributed by atoms with Crippen LogP contribution in [-0.2, 0) is 11.3 Å². The van der Waals surface area contributed by atoms with Crippen LogP contribution >= 0.6 is 11.8 Å². The molecule has 29 heavy (non-hydrogen) atoms. The van der Waals surface area contributed by atoms with Crippen LogP contribution in [0.3, 0.4) is 0 Å². The molecular weight excluding hydrogens is 393 g/mol. The lowest BCUT2D eigenvalue weighted by Crippen LogP contribution is -2.17.